The summed E-state index contributed by atoms with van der Waals surface area (Å²) in [5.41, 5.74) is 0.0584. The van der Waals surface area contributed by atoms with Crippen LogP contribution < -0.4 is 0 Å². The Morgan fingerprint density at radius 1 is 1.22 bits per heavy atom. The molecule has 1 aromatic carbocycles. The number of aromatic nitrogens is 1. The fourth-order valence-corrected chi connectivity index (χ4v) is 1.96. The maximum atomic E-state index is 12.4. The van der Waals surface area contributed by atoms with Gasteiger partial charge in [0.2, 0.25) is 0 Å². The standard InChI is InChI=1S/C17H16F3NO2/c1-16(2,15(22)23)8-7-11-3-4-12-5-6-13(10-17(18,19)20)21-14(12)9-11/h3-9H,10H2,1-2H3,(H,22,23)/b8-7+. The molecule has 3 nitrogen and oxygen atoms in total. The first-order chi connectivity index (χ1) is 10.6. The lowest BCUT2D eigenvalue weighted by Gasteiger charge is -2.13. The zero-order chi connectivity index (χ0) is 17.3. The number of hydrogen-bond acceptors (Lipinski definition) is 2. The number of carboxylic acid groups (broad SMARTS) is 1. The van der Waals surface area contributed by atoms with E-state index in [4.69, 9.17) is 5.11 Å². The molecule has 0 unspecified atom stereocenters. The summed E-state index contributed by atoms with van der Waals surface area (Å²) in [6.07, 6.45) is -2.21. The van der Waals surface area contributed by atoms with Gasteiger partial charge in [-0.15, -0.1) is 0 Å². The summed E-state index contributed by atoms with van der Waals surface area (Å²) >= 11 is 0. The molecule has 0 bridgehead atoms. The van der Waals surface area contributed by atoms with Crippen LogP contribution in [0, 0.1) is 5.41 Å². The average molecular weight is 323 g/mol. The summed E-state index contributed by atoms with van der Waals surface area (Å²) in [5.74, 6) is -0.958. The van der Waals surface area contributed by atoms with E-state index in [2.05, 4.69) is 4.98 Å². The highest BCUT2D eigenvalue weighted by molar-refractivity contribution is 5.82. The lowest BCUT2D eigenvalue weighted by molar-refractivity contribution is -0.144. The molecule has 0 aliphatic heterocycles. The number of aliphatic carboxylic acids is 1. The first-order valence-electron chi connectivity index (χ1n) is 6.96. The van der Waals surface area contributed by atoms with Crippen LogP contribution in [-0.2, 0) is 11.2 Å². The van der Waals surface area contributed by atoms with Crippen LogP contribution in [-0.4, -0.2) is 22.2 Å². The molecular formula is C17H16F3NO2. The average Bonchev–Trinajstić information content (AvgIpc) is 2.43. The highest BCUT2D eigenvalue weighted by Crippen LogP contribution is 2.24. The van der Waals surface area contributed by atoms with Crippen molar-refractivity contribution in [3.8, 4) is 0 Å². The van der Waals surface area contributed by atoms with Crippen molar-refractivity contribution in [2.45, 2.75) is 26.4 Å². The second-order valence-corrected chi connectivity index (χ2v) is 5.91. The van der Waals surface area contributed by atoms with E-state index in [0.717, 1.165) is 5.39 Å². The Morgan fingerprint density at radius 2 is 1.87 bits per heavy atom. The number of carbonyl (C=O) groups is 1. The predicted molar refractivity (Wildman–Crippen MR) is 82.0 cm³/mol. The van der Waals surface area contributed by atoms with Gasteiger partial charge < -0.3 is 5.11 Å². The predicted octanol–water partition coefficient (Wildman–Crippen LogP) is 4.46. The van der Waals surface area contributed by atoms with Crippen molar-refractivity contribution in [3.05, 3.63) is 47.7 Å². The fraction of sp³-hybridized carbons (Fsp3) is 0.294. The number of alkyl halides is 3. The highest BCUT2D eigenvalue weighted by atomic mass is 19.4. The Hall–Kier alpha value is -2.37. The van der Waals surface area contributed by atoms with Crippen molar-refractivity contribution in [2.24, 2.45) is 5.41 Å². The van der Waals surface area contributed by atoms with Crippen LogP contribution in [0.3, 0.4) is 0 Å². The molecular weight excluding hydrogens is 307 g/mol. The number of halogens is 3. The number of rotatable bonds is 4. The molecule has 1 aromatic heterocycles. The van der Waals surface area contributed by atoms with Gasteiger partial charge in [-0.1, -0.05) is 30.4 Å². The second kappa shape index (κ2) is 6.02. The molecule has 23 heavy (non-hydrogen) atoms. The Labute approximate surface area is 131 Å². The van der Waals surface area contributed by atoms with Crippen molar-refractivity contribution in [3.63, 3.8) is 0 Å². The first kappa shape index (κ1) is 17.0. The number of benzene rings is 1. The van der Waals surface area contributed by atoms with Crippen molar-refractivity contribution in [2.75, 3.05) is 0 Å². The number of nitrogens with zero attached hydrogens (tertiary/aromatic N) is 1. The lowest BCUT2D eigenvalue weighted by Crippen LogP contribution is -2.20. The maximum Gasteiger partial charge on any atom is 0.394 e. The highest BCUT2D eigenvalue weighted by Gasteiger charge is 2.28. The summed E-state index contributed by atoms with van der Waals surface area (Å²) in [7, 11) is 0. The largest absolute Gasteiger partial charge is 0.481 e. The first-order valence-corrected chi connectivity index (χ1v) is 6.96. The fourth-order valence-electron chi connectivity index (χ4n) is 1.96. The van der Waals surface area contributed by atoms with Gasteiger partial charge in [-0.2, -0.15) is 13.2 Å². The van der Waals surface area contributed by atoms with E-state index < -0.39 is 24.0 Å². The normalized spacial score (nSPS) is 12.9. The maximum absolute atomic E-state index is 12.4. The molecule has 0 radical (unpaired) electrons. The van der Waals surface area contributed by atoms with Gasteiger partial charge in [0.15, 0.2) is 0 Å². The minimum absolute atomic E-state index is 0.0444. The van der Waals surface area contributed by atoms with Crippen LogP contribution in [0.2, 0.25) is 0 Å². The molecule has 122 valence electrons. The summed E-state index contributed by atoms with van der Waals surface area (Å²) in [6, 6.07) is 8.11. The Kier molecular flexibility index (Phi) is 4.45. The van der Waals surface area contributed by atoms with Gasteiger partial charge in [0.1, 0.15) is 0 Å². The van der Waals surface area contributed by atoms with E-state index in [-0.39, 0.29) is 5.69 Å². The molecule has 2 rings (SSSR count). The Bertz CT molecular complexity index is 764. The van der Waals surface area contributed by atoms with Crippen LogP contribution in [0.5, 0.6) is 0 Å². The lowest BCUT2D eigenvalue weighted by atomic mass is 9.92. The summed E-state index contributed by atoms with van der Waals surface area (Å²) in [6.45, 7) is 3.12. The van der Waals surface area contributed by atoms with Gasteiger partial charge in [-0.25, -0.2) is 0 Å². The monoisotopic (exact) mass is 323 g/mol. The minimum Gasteiger partial charge on any atom is -0.481 e. The molecule has 0 saturated heterocycles. The molecule has 0 fully saturated rings. The van der Waals surface area contributed by atoms with E-state index in [0.29, 0.717) is 11.1 Å². The molecule has 0 aliphatic rings. The molecule has 0 atom stereocenters. The Balaban J connectivity index is 2.33. The van der Waals surface area contributed by atoms with Crippen molar-refractivity contribution < 1.29 is 23.1 Å². The van der Waals surface area contributed by atoms with E-state index >= 15 is 0 Å². The molecule has 0 spiro atoms. The third kappa shape index (κ3) is 4.55. The van der Waals surface area contributed by atoms with Crippen LogP contribution in [0.15, 0.2) is 36.4 Å². The number of fused-ring (bicyclic) bond motifs is 1. The van der Waals surface area contributed by atoms with E-state index in [9.17, 15) is 18.0 Å². The third-order valence-corrected chi connectivity index (χ3v) is 3.40. The molecule has 1 N–H and O–H groups in total. The van der Waals surface area contributed by atoms with Crippen molar-refractivity contribution in [1.82, 2.24) is 4.98 Å². The Morgan fingerprint density at radius 3 is 2.48 bits per heavy atom. The van der Waals surface area contributed by atoms with Crippen molar-refractivity contribution in [1.29, 1.82) is 0 Å². The van der Waals surface area contributed by atoms with E-state index in [1.54, 1.807) is 44.2 Å². The topological polar surface area (TPSA) is 50.2 Å². The van der Waals surface area contributed by atoms with Gasteiger partial charge in [0.25, 0.3) is 0 Å². The van der Waals surface area contributed by atoms with Gasteiger partial charge >= 0.3 is 12.1 Å². The zero-order valence-corrected chi connectivity index (χ0v) is 12.7. The number of pyridine rings is 1. The quantitative estimate of drug-likeness (QED) is 0.903. The van der Waals surface area contributed by atoms with Crippen LogP contribution in [0.25, 0.3) is 17.0 Å². The van der Waals surface area contributed by atoms with Gasteiger partial charge in [0.05, 0.1) is 23.0 Å². The number of carboxylic acids is 1. The minimum atomic E-state index is -4.30. The molecule has 1 heterocycles. The second-order valence-electron chi connectivity index (χ2n) is 5.91. The summed E-state index contributed by atoms with van der Waals surface area (Å²) < 4.78 is 37.3. The third-order valence-electron chi connectivity index (χ3n) is 3.40. The van der Waals surface area contributed by atoms with Crippen molar-refractivity contribution >= 4 is 22.9 Å². The van der Waals surface area contributed by atoms with Crippen LogP contribution >= 0.6 is 0 Å². The molecule has 0 aliphatic carbocycles. The van der Waals surface area contributed by atoms with Crippen LogP contribution in [0.4, 0.5) is 13.2 Å². The number of hydrogen-bond donors (Lipinski definition) is 1. The summed E-state index contributed by atoms with van der Waals surface area (Å²) in [5, 5.41) is 9.79. The molecule has 0 saturated carbocycles. The molecule has 0 amide bonds. The molecule has 6 heteroatoms. The van der Waals surface area contributed by atoms with Gasteiger partial charge in [0, 0.05) is 5.39 Å². The summed E-state index contributed by atoms with van der Waals surface area (Å²) in [4.78, 5) is 15.1. The van der Waals surface area contributed by atoms with Gasteiger partial charge in [-0.3, -0.25) is 9.78 Å². The SMILES string of the molecule is CC(C)(/C=C/c1ccc2ccc(CC(F)(F)F)nc2c1)C(=O)O. The van der Waals surface area contributed by atoms with E-state index in [1.165, 1.54) is 12.1 Å². The molecule has 2 aromatic rings. The van der Waals surface area contributed by atoms with E-state index in [1.807, 2.05) is 0 Å². The smallest absolute Gasteiger partial charge is 0.394 e. The van der Waals surface area contributed by atoms with Crippen LogP contribution in [0.1, 0.15) is 25.1 Å². The van der Waals surface area contributed by atoms with Gasteiger partial charge in [-0.05, 0) is 31.5 Å². The zero-order valence-electron chi connectivity index (χ0n) is 12.7.